The van der Waals surface area contributed by atoms with Gasteiger partial charge in [0.25, 0.3) is 0 Å². The second-order valence-electron chi connectivity index (χ2n) is 13.8. The third-order valence-corrected chi connectivity index (χ3v) is 9.87. The highest BCUT2D eigenvalue weighted by Crippen LogP contribution is 2.36. The number of imidazole rings is 1. The van der Waals surface area contributed by atoms with Gasteiger partial charge >= 0.3 is 0 Å². The summed E-state index contributed by atoms with van der Waals surface area (Å²) in [7, 11) is 1.53. The van der Waals surface area contributed by atoms with Crippen LogP contribution in [0.2, 0.25) is 0 Å². The van der Waals surface area contributed by atoms with Gasteiger partial charge in [0.1, 0.15) is 39.9 Å². The number of allylic oxidation sites excluding steroid dienone is 2. The fourth-order valence-electron chi connectivity index (χ4n) is 7.25. The number of methoxy groups -OCH3 is 1. The van der Waals surface area contributed by atoms with Crippen LogP contribution in [0.1, 0.15) is 68.7 Å². The van der Waals surface area contributed by atoms with Gasteiger partial charge in [0.2, 0.25) is 11.8 Å². The summed E-state index contributed by atoms with van der Waals surface area (Å²) >= 11 is 0. The largest absolute Gasteiger partial charge is 0.495 e. The monoisotopic (exact) mass is 787 g/mol. The molecule has 0 aliphatic heterocycles. The Balaban J connectivity index is 1.33. The average Bonchev–Trinajstić information content (AvgIpc) is 3.97. The smallest absolute Gasteiger partial charge is 0.248 e. The minimum Gasteiger partial charge on any atom is -0.495 e. The summed E-state index contributed by atoms with van der Waals surface area (Å²) in [6.07, 6.45) is 5.93. The molecule has 0 aliphatic carbocycles. The number of fused-ring (bicyclic) bond motifs is 4. The Bertz CT molecular complexity index is 2750. The molecule has 17 heteroatoms. The molecule has 2 amide bonds. The number of primary amides is 2. The minimum absolute atomic E-state index is 0.0601. The van der Waals surface area contributed by atoms with E-state index in [1.807, 2.05) is 59.7 Å². The van der Waals surface area contributed by atoms with Crippen molar-refractivity contribution in [3.63, 3.8) is 0 Å². The van der Waals surface area contributed by atoms with E-state index in [-0.39, 0.29) is 43.1 Å². The van der Waals surface area contributed by atoms with Crippen molar-refractivity contribution in [2.75, 3.05) is 20.3 Å². The summed E-state index contributed by atoms with van der Waals surface area (Å²) < 4.78 is 19.3. The number of aryl methyl sites for hydroxylation is 4. The molecule has 0 bridgehead atoms. The van der Waals surface area contributed by atoms with Crippen LogP contribution in [0.3, 0.4) is 0 Å². The number of benzene rings is 2. The molecule has 5 heterocycles. The van der Waals surface area contributed by atoms with Gasteiger partial charge in [0.15, 0.2) is 11.6 Å². The third-order valence-electron chi connectivity index (χ3n) is 9.87. The summed E-state index contributed by atoms with van der Waals surface area (Å²) in [6.45, 7) is 9.47. The standard InChI is InChI=1S/C41H45N11O6/c1-6-51-30(15-23(3)47-51)32(54)21-35-45-29-18-26(39(43)56)20-34(58-14-10-13-53)37(29)49(35)11-8-9-12-50-36-27(17-25(38(42)55)19-33(36)57-5)28-22-44-40(46-41(28)50)31-16-24(4)48-52(31)7-2/h8-9,15-20,22,53H,6-7,10-14,21H2,1-5H3,(H2,42,55)(H2,43,56)/b9-8+. The van der Waals surface area contributed by atoms with Gasteiger partial charge in [-0.3, -0.25) is 23.7 Å². The van der Waals surface area contributed by atoms with Crippen molar-refractivity contribution in [3.8, 4) is 23.0 Å². The third kappa shape index (κ3) is 7.38. The van der Waals surface area contributed by atoms with Crippen LogP contribution in [0.25, 0.3) is 44.5 Å². The maximum atomic E-state index is 13.8. The number of Topliss-reactive ketones (excluding diaryl/α,β-unsaturated/α-hetero) is 1. The quantitative estimate of drug-likeness (QED) is 0.0670. The Morgan fingerprint density at radius 2 is 1.48 bits per heavy atom. The van der Waals surface area contributed by atoms with Gasteiger partial charge < -0.3 is 35.2 Å². The molecule has 0 saturated carbocycles. The summed E-state index contributed by atoms with van der Waals surface area (Å²) in [6, 6.07) is 10.2. The molecule has 7 rings (SSSR count). The van der Waals surface area contributed by atoms with Gasteiger partial charge in [-0.1, -0.05) is 12.2 Å². The number of hydrogen-bond donors (Lipinski definition) is 3. The Morgan fingerprint density at radius 1 is 0.810 bits per heavy atom. The van der Waals surface area contributed by atoms with Gasteiger partial charge in [-0.15, -0.1) is 0 Å². The molecule has 0 spiro atoms. The summed E-state index contributed by atoms with van der Waals surface area (Å²) in [4.78, 5) is 53.1. The molecular formula is C41H45N11O6. The van der Waals surface area contributed by atoms with Crippen LogP contribution in [0.15, 0.2) is 54.7 Å². The maximum Gasteiger partial charge on any atom is 0.248 e. The van der Waals surface area contributed by atoms with Gasteiger partial charge in [-0.2, -0.15) is 10.2 Å². The van der Waals surface area contributed by atoms with Crippen LogP contribution in [-0.4, -0.2) is 86.7 Å². The molecule has 0 atom stereocenters. The molecule has 0 aliphatic rings. The van der Waals surface area contributed by atoms with Crippen molar-refractivity contribution in [2.24, 2.45) is 11.5 Å². The molecule has 17 nitrogen and oxygen atoms in total. The SMILES string of the molecule is CCn1nc(C)cc1C(=O)Cc1nc2cc(C(N)=O)cc(OCCCO)c2n1C/C=C/Cn1c2nc(-c3cc(C)nn3CC)ncc2c2cc(C(N)=O)cc(OC)c21. The number of amides is 2. The number of aliphatic hydroxyl groups excluding tert-OH is 1. The molecule has 7 aromatic rings. The second-order valence-corrected chi connectivity index (χ2v) is 13.8. The first-order valence-corrected chi connectivity index (χ1v) is 19.0. The van der Waals surface area contributed by atoms with Crippen molar-refractivity contribution in [2.45, 2.75) is 66.7 Å². The number of nitrogens with zero attached hydrogens (tertiary/aromatic N) is 9. The molecule has 0 saturated heterocycles. The van der Waals surface area contributed by atoms with Crippen molar-refractivity contribution < 1.29 is 29.0 Å². The molecule has 5 aromatic heterocycles. The highest BCUT2D eigenvalue weighted by Gasteiger charge is 2.23. The zero-order valence-corrected chi connectivity index (χ0v) is 33.0. The first-order valence-electron chi connectivity index (χ1n) is 19.0. The lowest BCUT2D eigenvalue weighted by atomic mass is 10.1. The number of aromatic nitrogens is 9. The predicted molar refractivity (Wildman–Crippen MR) is 217 cm³/mol. The van der Waals surface area contributed by atoms with Crippen LogP contribution < -0.4 is 20.9 Å². The lowest BCUT2D eigenvalue weighted by molar-refractivity contribution is 0.0975. The molecular weight excluding hydrogens is 743 g/mol. The molecule has 2 aromatic carbocycles. The zero-order valence-electron chi connectivity index (χ0n) is 33.0. The second kappa shape index (κ2) is 16.3. The van der Waals surface area contributed by atoms with E-state index in [4.69, 9.17) is 35.9 Å². The van der Waals surface area contributed by atoms with Crippen molar-refractivity contribution in [1.82, 2.24) is 43.6 Å². The van der Waals surface area contributed by atoms with E-state index in [1.165, 1.54) is 7.11 Å². The van der Waals surface area contributed by atoms with E-state index in [2.05, 4.69) is 10.2 Å². The Hall–Kier alpha value is -6.88. The van der Waals surface area contributed by atoms with Crippen LogP contribution in [0.5, 0.6) is 11.5 Å². The van der Waals surface area contributed by atoms with E-state index in [1.54, 1.807) is 41.2 Å². The Labute approximate surface area is 332 Å². The highest BCUT2D eigenvalue weighted by atomic mass is 16.5. The molecule has 300 valence electrons. The van der Waals surface area contributed by atoms with Crippen molar-refractivity contribution >= 4 is 50.6 Å². The first kappa shape index (κ1) is 39.4. The van der Waals surface area contributed by atoms with E-state index < -0.39 is 11.8 Å². The number of ketones is 1. The zero-order chi connectivity index (χ0) is 41.2. The summed E-state index contributed by atoms with van der Waals surface area (Å²) in [5.74, 6) is 0.276. The Kier molecular flexibility index (Phi) is 11.1. The number of ether oxygens (including phenoxy) is 2. The van der Waals surface area contributed by atoms with Gasteiger partial charge in [-0.05, 0) is 64.1 Å². The normalized spacial score (nSPS) is 11.8. The highest BCUT2D eigenvalue weighted by molar-refractivity contribution is 6.11. The maximum absolute atomic E-state index is 13.8. The lowest BCUT2D eigenvalue weighted by Gasteiger charge is -2.12. The van der Waals surface area contributed by atoms with E-state index in [0.29, 0.717) is 87.9 Å². The van der Waals surface area contributed by atoms with E-state index in [0.717, 1.165) is 17.1 Å². The Morgan fingerprint density at radius 3 is 2.17 bits per heavy atom. The number of hydrogen-bond acceptors (Lipinski definition) is 11. The lowest BCUT2D eigenvalue weighted by Crippen LogP contribution is -2.15. The fraction of sp³-hybridized carbons (Fsp3) is 0.317. The van der Waals surface area contributed by atoms with Gasteiger partial charge in [0, 0.05) is 67.3 Å². The number of rotatable bonds is 17. The van der Waals surface area contributed by atoms with Gasteiger partial charge in [0.05, 0.1) is 42.6 Å². The van der Waals surface area contributed by atoms with Gasteiger partial charge in [-0.25, -0.2) is 15.0 Å². The van der Waals surface area contributed by atoms with Crippen LogP contribution in [0, 0.1) is 13.8 Å². The molecule has 58 heavy (non-hydrogen) atoms. The number of carbonyl (C=O) groups excluding carboxylic acids is 3. The summed E-state index contributed by atoms with van der Waals surface area (Å²) in [5, 5.41) is 19.9. The average molecular weight is 788 g/mol. The topological polar surface area (TPSA) is 226 Å². The fourth-order valence-corrected chi connectivity index (χ4v) is 7.25. The predicted octanol–water partition coefficient (Wildman–Crippen LogP) is 4.30. The molecule has 0 radical (unpaired) electrons. The molecule has 0 fully saturated rings. The number of aliphatic hydroxyl groups is 1. The molecule has 0 unspecified atom stereocenters. The van der Waals surface area contributed by atoms with Crippen molar-refractivity contribution in [3.05, 3.63) is 88.8 Å². The number of nitrogens with two attached hydrogens (primary N) is 2. The molecule has 5 N–H and O–H groups in total. The van der Waals surface area contributed by atoms with Crippen LogP contribution in [0.4, 0.5) is 0 Å². The minimum atomic E-state index is -0.658. The van der Waals surface area contributed by atoms with Crippen LogP contribution >= 0.6 is 0 Å². The summed E-state index contributed by atoms with van der Waals surface area (Å²) in [5.41, 5.74) is 17.0. The first-order chi connectivity index (χ1) is 28.0. The van der Waals surface area contributed by atoms with E-state index >= 15 is 0 Å². The van der Waals surface area contributed by atoms with Crippen LogP contribution in [-0.2, 0) is 32.6 Å². The van der Waals surface area contributed by atoms with E-state index in [9.17, 15) is 19.5 Å². The number of carbonyl (C=O) groups is 3. The van der Waals surface area contributed by atoms with Crippen molar-refractivity contribution in [1.29, 1.82) is 0 Å².